The molecule has 212 valence electrons. The van der Waals surface area contributed by atoms with Crippen molar-refractivity contribution in [1.29, 1.82) is 0 Å². The third kappa shape index (κ3) is 13.4. The van der Waals surface area contributed by atoms with Gasteiger partial charge in [-0.15, -0.1) is 0 Å². The highest BCUT2D eigenvalue weighted by atomic mass is 16.2. The average molecular weight is 523 g/mol. The minimum absolute atomic E-state index is 0.0256. The maximum atomic E-state index is 12.8. The molecule has 0 aliphatic rings. The van der Waals surface area contributed by atoms with Gasteiger partial charge in [0.2, 0.25) is 11.8 Å². The van der Waals surface area contributed by atoms with Crippen molar-refractivity contribution in [2.24, 2.45) is 0 Å². The molecular formula is C34H54N2O2. The fourth-order valence-electron chi connectivity index (χ4n) is 5.12. The molecule has 2 amide bonds. The molecule has 0 saturated heterocycles. The van der Waals surface area contributed by atoms with Crippen LogP contribution in [0.1, 0.15) is 142 Å². The number of carbonyl (C=O) groups is 2. The maximum absolute atomic E-state index is 12.8. The summed E-state index contributed by atoms with van der Waals surface area (Å²) in [4.78, 5) is 25.6. The second-order valence-electron chi connectivity index (χ2n) is 11.0. The minimum Gasteiger partial charge on any atom is -0.324 e. The molecule has 2 aromatic rings. The summed E-state index contributed by atoms with van der Waals surface area (Å²) in [5.74, 6) is 0.0522. The third-order valence-electron chi connectivity index (χ3n) is 7.48. The van der Waals surface area contributed by atoms with Crippen LogP contribution in [0.4, 0.5) is 11.4 Å². The van der Waals surface area contributed by atoms with Gasteiger partial charge in [0.1, 0.15) is 0 Å². The molecule has 4 heteroatoms. The van der Waals surface area contributed by atoms with Crippen LogP contribution in [0.2, 0.25) is 0 Å². The molecule has 0 radical (unpaired) electrons. The molecule has 0 fully saturated rings. The van der Waals surface area contributed by atoms with Gasteiger partial charge in [0.25, 0.3) is 0 Å². The highest BCUT2D eigenvalue weighted by molar-refractivity contribution is 6.09. The van der Waals surface area contributed by atoms with Crippen molar-refractivity contribution in [3.63, 3.8) is 0 Å². The summed E-state index contributed by atoms with van der Waals surface area (Å²) >= 11 is 0. The maximum Gasteiger partial charge on any atom is 0.224 e. The summed E-state index contributed by atoms with van der Waals surface area (Å²) in [5, 5.41) is 8.24. The minimum atomic E-state index is 0.0256. The zero-order chi connectivity index (χ0) is 27.3. The zero-order valence-corrected chi connectivity index (χ0v) is 24.4. The number of carbonyl (C=O) groups excluding carboxylic acids is 2. The number of benzene rings is 2. The average Bonchev–Trinajstić information content (AvgIpc) is 2.92. The van der Waals surface area contributed by atoms with Gasteiger partial charge in [0.05, 0.1) is 11.4 Å². The molecule has 0 bridgehead atoms. The third-order valence-corrected chi connectivity index (χ3v) is 7.48. The lowest BCUT2D eigenvalue weighted by Crippen LogP contribution is -2.16. The topological polar surface area (TPSA) is 58.2 Å². The van der Waals surface area contributed by atoms with E-state index in [1.807, 2.05) is 36.4 Å². The summed E-state index contributed by atoms with van der Waals surface area (Å²) in [6.07, 6.45) is 23.3. The van der Waals surface area contributed by atoms with Crippen molar-refractivity contribution in [1.82, 2.24) is 0 Å². The monoisotopic (exact) mass is 522 g/mol. The molecule has 0 heterocycles. The predicted molar refractivity (Wildman–Crippen MR) is 165 cm³/mol. The lowest BCUT2D eigenvalue weighted by atomic mass is 10.0. The second kappa shape index (κ2) is 20.6. The molecule has 0 spiro atoms. The Bertz CT molecular complexity index is 924. The number of nitrogens with one attached hydrogen (secondary N) is 2. The molecule has 0 atom stereocenters. The molecule has 38 heavy (non-hydrogen) atoms. The number of hydrogen-bond acceptors (Lipinski definition) is 2. The Hall–Kier alpha value is -2.36. The Balaban J connectivity index is 1.78. The Morgan fingerprint density at radius 1 is 0.526 bits per heavy atom. The van der Waals surface area contributed by atoms with E-state index in [9.17, 15) is 9.59 Å². The van der Waals surface area contributed by atoms with E-state index < -0.39 is 0 Å². The summed E-state index contributed by atoms with van der Waals surface area (Å²) in [6, 6.07) is 12.0. The van der Waals surface area contributed by atoms with Crippen LogP contribution < -0.4 is 10.6 Å². The van der Waals surface area contributed by atoms with E-state index in [1.165, 1.54) is 89.9 Å². The molecule has 0 aliphatic carbocycles. The van der Waals surface area contributed by atoms with Crippen molar-refractivity contribution < 1.29 is 9.59 Å². The summed E-state index contributed by atoms with van der Waals surface area (Å²) < 4.78 is 0. The lowest BCUT2D eigenvalue weighted by molar-refractivity contribution is -0.117. The molecule has 0 aromatic heterocycles. The normalized spacial score (nSPS) is 11.1. The van der Waals surface area contributed by atoms with Crippen LogP contribution in [0.3, 0.4) is 0 Å². The first-order valence-corrected chi connectivity index (χ1v) is 15.8. The Morgan fingerprint density at radius 3 is 1.50 bits per heavy atom. The first-order valence-electron chi connectivity index (χ1n) is 15.8. The molecule has 0 saturated carbocycles. The second-order valence-corrected chi connectivity index (χ2v) is 11.0. The predicted octanol–water partition coefficient (Wildman–Crippen LogP) is 10.6. The largest absolute Gasteiger partial charge is 0.324 e. The van der Waals surface area contributed by atoms with E-state index in [0.29, 0.717) is 18.5 Å². The van der Waals surface area contributed by atoms with E-state index in [0.717, 1.165) is 42.1 Å². The van der Waals surface area contributed by atoms with E-state index in [2.05, 4.69) is 24.5 Å². The first kappa shape index (κ1) is 31.9. The standard InChI is InChI=1S/C34H54N2O2/c1-3-5-7-9-11-13-15-17-19-25-32(37)35-31-28-27-29-23-21-22-24-30(29)34(31)36-33(38)26-20-18-16-14-12-10-8-6-4-2/h21-24,27-28H,3-20,25-26H2,1-2H3,(H,35,37)(H,36,38). The number of fused-ring (bicyclic) bond motifs is 1. The zero-order valence-electron chi connectivity index (χ0n) is 24.4. The highest BCUT2D eigenvalue weighted by Crippen LogP contribution is 2.32. The van der Waals surface area contributed by atoms with E-state index in [4.69, 9.17) is 0 Å². The van der Waals surface area contributed by atoms with Gasteiger partial charge in [0, 0.05) is 18.2 Å². The fourth-order valence-corrected chi connectivity index (χ4v) is 5.12. The number of amides is 2. The van der Waals surface area contributed by atoms with Crippen LogP contribution in [0.25, 0.3) is 10.8 Å². The van der Waals surface area contributed by atoms with E-state index >= 15 is 0 Å². The number of rotatable bonds is 22. The smallest absolute Gasteiger partial charge is 0.224 e. The van der Waals surface area contributed by atoms with Crippen LogP contribution in [0, 0.1) is 0 Å². The Morgan fingerprint density at radius 2 is 0.974 bits per heavy atom. The van der Waals surface area contributed by atoms with Crippen LogP contribution >= 0.6 is 0 Å². The van der Waals surface area contributed by atoms with Crippen molar-refractivity contribution in [2.45, 2.75) is 142 Å². The van der Waals surface area contributed by atoms with Crippen LogP contribution in [-0.4, -0.2) is 11.8 Å². The summed E-state index contributed by atoms with van der Waals surface area (Å²) in [7, 11) is 0. The molecule has 4 nitrogen and oxygen atoms in total. The SMILES string of the molecule is CCCCCCCCCCCC(=O)Nc1ccc2ccccc2c1NC(=O)CCCCCCCCCCC. The van der Waals surface area contributed by atoms with Crippen molar-refractivity contribution >= 4 is 34.0 Å². The molecule has 2 aromatic carbocycles. The lowest BCUT2D eigenvalue weighted by Gasteiger charge is -2.15. The van der Waals surface area contributed by atoms with Crippen molar-refractivity contribution in [3.05, 3.63) is 36.4 Å². The van der Waals surface area contributed by atoms with Gasteiger partial charge in [-0.25, -0.2) is 0 Å². The molecule has 0 unspecified atom stereocenters. The van der Waals surface area contributed by atoms with Gasteiger partial charge >= 0.3 is 0 Å². The number of anilines is 2. The fraction of sp³-hybridized carbons (Fsp3) is 0.647. The first-order chi connectivity index (χ1) is 18.7. The summed E-state index contributed by atoms with van der Waals surface area (Å²) in [5.41, 5.74) is 1.43. The van der Waals surface area contributed by atoms with Gasteiger partial charge in [-0.05, 0) is 24.3 Å². The van der Waals surface area contributed by atoms with Gasteiger partial charge in [-0.1, -0.05) is 147 Å². The van der Waals surface area contributed by atoms with E-state index in [1.54, 1.807) is 0 Å². The molecule has 0 aliphatic heterocycles. The Kier molecular flexibility index (Phi) is 17.3. The van der Waals surface area contributed by atoms with Crippen molar-refractivity contribution in [3.8, 4) is 0 Å². The van der Waals surface area contributed by atoms with E-state index in [-0.39, 0.29) is 11.8 Å². The van der Waals surface area contributed by atoms with Crippen LogP contribution in [0.15, 0.2) is 36.4 Å². The van der Waals surface area contributed by atoms with Crippen LogP contribution in [-0.2, 0) is 9.59 Å². The highest BCUT2D eigenvalue weighted by Gasteiger charge is 2.13. The molecule has 2 rings (SSSR count). The van der Waals surface area contributed by atoms with Crippen LogP contribution in [0.5, 0.6) is 0 Å². The summed E-state index contributed by atoms with van der Waals surface area (Å²) in [6.45, 7) is 4.50. The Labute approximate surface area is 232 Å². The van der Waals surface area contributed by atoms with Crippen molar-refractivity contribution in [2.75, 3.05) is 10.6 Å². The number of hydrogen-bond donors (Lipinski definition) is 2. The van der Waals surface area contributed by atoms with Gasteiger partial charge < -0.3 is 10.6 Å². The van der Waals surface area contributed by atoms with Gasteiger partial charge in [-0.2, -0.15) is 0 Å². The van der Waals surface area contributed by atoms with Gasteiger partial charge in [0.15, 0.2) is 0 Å². The van der Waals surface area contributed by atoms with Gasteiger partial charge in [-0.3, -0.25) is 9.59 Å². The molecular weight excluding hydrogens is 468 g/mol. The quantitative estimate of drug-likeness (QED) is 0.151. The number of unbranched alkanes of at least 4 members (excludes halogenated alkanes) is 16. The molecule has 2 N–H and O–H groups in total.